The van der Waals surface area contributed by atoms with Crippen LogP contribution in [0.25, 0.3) is 0 Å². The van der Waals surface area contributed by atoms with Gasteiger partial charge in [-0.15, -0.1) is 0 Å². The third kappa shape index (κ3) is 3.06. The highest BCUT2D eigenvalue weighted by atomic mass is 16.5. The lowest BCUT2D eigenvalue weighted by molar-refractivity contribution is -0.00140. The first-order valence-corrected chi connectivity index (χ1v) is 10.7. The molecular formula is C24H34O2. The van der Waals surface area contributed by atoms with E-state index in [1.54, 1.807) is 0 Å². The molecule has 0 amide bonds. The van der Waals surface area contributed by atoms with Gasteiger partial charge in [0.15, 0.2) is 0 Å². The van der Waals surface area contributed by atoms with Crippen molar-refractivity contribution in [2.45, 2.75) is 90.1 Å². The molecule has 1 unspecified atom stereocenters. The minimum Gasteiger partial charge on any atom is -0.493 e. The Bertz CT molecular complexity index is 701. The van der Waals surface area contributed by atoms with Gasteiger partial charge < -0.3 is 9.47 Å². The molecule has 2 atom stereocenters. The van der Waals surface area contributed by atoms with Gasteiger partial charge in [-0.3, -0.25) is 0 Å². The highest BCUT2D eigenvalue weighted by Crippen LogP contribution is 2.56. The lowest BCUT2D eigenvalue weighted by Gasteiger charge is -2.48. The third-order valence-electron chi connectivity index (χ3n) is 6.78. The van der Waals surface area contributed by atoms with Gasteiger partial charge in [-0.25, -0.2) is 0 Å². The minimum absolute atomic E-state index is 0.109. The van der Waals surface area contributed by atoms with Crippen LogP contribution in [0.3, 0.4) is 0 Å². The van der Waals surface area contributed by atoms with Crippen LogP contribution in [0.1, 0.15) is 88.3 Å². The molecule has 0 N–H and O–H groups in total. The van der Waals surface area contributed by atoms with Gasteiger partial charge in [0.25, 0.3) is 0 Å². The molecule has 142 valence electrons. The Hall–Kier alpha value is -1.44. The Labute approximate surface area is 159 Å². The van der Waals surface area contributed by atoms with Gasteiger partial charge in [0.2, 0.25) is 0 Å². The SMILES string of the molecule is C=C1CC[C@@H]2C(C1)c1c(cc(CCCCC)c3c1OCCC3)OC2(C)C. The van der Waals surface area contributed by atoms with E-state index in [2.05, 4.69) is 33.4 Å². The molecule has 3 aliphatic rings. The topological polar surface area (TPSA) is 18.5 Å². The number of hydrogen-bond donors (Lipinski definition) is 0. The Morgan fingerprint density at radius 3 is 2.88 bits per heavy atom. The summed E-state index contributed by atoms with van der Waals surface area (Å²) < 4.78 is 12.9. The molecule has 0 saturated heterocycles. The number of benzene rings is 1. The first-order valence-electron chi connectivity index (χ1n) is 10.7. The van der Waals surface area contributed by atoms with Gasteiger partial charge in [-0.1, -0.05) is 31.9 Å². The molecule has 0 aromatic heterocycles. The Kier molecular flexibility index (Phi) is 4.79. The van der Waals surface area contributed by atoms with Gasteiger partial charge in [-0.2, -0.15) is 0 Å². The lowest BCUT2D eigenvalue weighted by atomic mass is 9.65. The molecule has 0 spiro atoms. The van der Waals surface area contributed by atoms with Crippen molar-refractivity contribution in [3.63, 3.8) is 0 Å². The fourth-order valence-electron chi connectivity index (χ4n) is 5.44. The number of hydrogen-bond acceptors (Lipinski definition) is 2. The van der Waals surface area contributed by atoms with Crippen molar-refractivity contribution < 1.29 is 9.47 Å². The zero-order valence-electron chi connectivity index (χ0n) is 16.8. The molecular weight excluding hydrogens is 320 g/mol. The average Bonchev–Trinajstić information content (AvgIpc) is 2.61. The summed E-state index contributed by atoms with van der Waals surface area (Å²) in [6.45, 7) is 12.0. The van der Waals surface area contributed by atoms with Crippen LogP contribution in [-0.2, 0) is 12.8 Å². The second kappa shape index (κ2) is 6.94. The predicted molar refractivity (Wildman–Crippen MR) is 107 cm³/mol. The van der Waals surface area contributed by atoms with Crippen LogP contribution in [0.15, 0.2) is 18.2 Å². The second-order valence-corrected chi connectivity index (χ2v) is 9.08. The summed E-state index contributed by atoms with van der Waals surface area (Å²) in [6, 6.07) is 2.37. The van der Waals surface area contributed by atoms with Crippen LogP contribution in [0.2, 0.25) is 0 Å². The molecule has 2 aliphatic heterocycles. The zero-order chi connectivity index (χ0) is 18.3. The molecule has 1 saturated carbocycles. The molecule has 2 nitrogen and oxygen atoms in total. The summed E-state index contributed by atoms with van der Waals surface area (Å²) in [7, 11) is 0. The lowest BCUT2D eigenvalue weighted by Crippen LogP contribution is -2.46. The molecule has 4 rings (SSSR count). The van der Waals surface area contributed by atoms with Crippen LogP contribution in [0.4, 0.5) is 0 Å². The van der Waals surface area contributed by atoms with Crippen LogP contribution in [-0.4, -0.2) is 12.2 Å². The molecule has 1 aliphatic carbocycles. The van der Waals surface area contributed by atoms with Crippen molar-refractivity contribution in [3.8, 4) is 11.5 Å². The molecule has 1 fully saturated rings. The van der Waals surface area contributed by atoms with Gasteiger partial charge in [-0.05, 0) is 76.0 Å². The summed E-state index contributed by atoms with van der Waals surface area (Å²) in [4.78, 5) is 0. The number of unbranched alkanes of at least 4 members (excludes halogenated alkanes) is 2. The van der Waals surface area contributed by atoms with E-state index in [0.29, 0.717) is 11.8 Å². The van der Waals surface area contributed by atoms with E-state index >= 15 is 0 Å². The Morgan fingerprint density at radius 2 is 2.08 bits per heavy atom. The van der Waals surface area contributed by atoms with E-state index in [1.165, 1.54) is 53.7 Å². The van der Waals surface area contributed by atoms with E-state index in [-0.39, 0.29) is 5.60 Å². The minimum atomic E-state index is -0.109. The van der Waals surface area contributed by atoms with Crippen molar-refractivity contribution in [1.29, 1.82) is 0 Å². The van der Waals surface area contributed by atoms with Gasteiger partial charge in [0.05, 0.1) is 6.61 Å². The van der Waals surface area contributed by atoms with Crippen molar-refractivity contribution in [2.75, 3.05) is 6.61 Å². The standard InChI is InChI=1S/C24H34O2/c1-5-6-7-9-17-15-21-22(23-18(17)10-8-13-25-23)19-14-16(2)11-12-20(19)24(3,4)26-21/h15,19-20H,2,5-14H2,1,3-4H3/t19?,20-/m1/s1. The van der Waals surface area contributed by atoms with Crippen molar-refractivity contribution in [3.05, 3.63) is 34.9 Å². The van der Waals surface area contributed by atoms with Crippen molar-refractivity contribution in [1.82, 2.24) is 0 Å². The monoisotopic (exact) mass is 354 g/mol. The summed E-state index contributed by atoms with van der Waals surface area (Å²) in [5, 5.41) is 0. The molecule has 1 aromatic rings. The maximum atomic E-state index is 6.63. The maximum Gasteiger partial charge on any atom is 0.129 e. The fraction of sp³-hybridized carbons (Fsp3) is 0.667. The maximum absolute atomic E-state index is 6.63. The Morgan fingerprint density at radius 1 is 1.23 bits per heavy atom. The second-order valence-electron chi connectivity index (χ2n) is 9.08. The smallest absolute Gasteiger partial charge is 0.129 e. The van der Waals surface area contributed by atoms with Gasteiger partial charge >= 0.3 is 0 Å². The van der Waals surface area contributed by atoms with Gasteiger partial charge in [0, 0.05) is 17.4 Å². The average molecular weight is 355 g/mol. The first kappa shape index (κ1) is 17.9. The Balaban J connectivity index is 1.80. The molecule has 1 aromatic carbocycles. The van der Waals surface area contributed by atoms with E-state index in [9.17, 15) is 0 Å². The number of ether oxygens (including phenoxy) is 2. The van der Waals surface area contributed by atoms with E-state index in [0.717, 1.165) is 44.5 Å². The number of aryl methyl sites for hydroxylation is 1. The van der Waals surface area contributed by atoms with Crippen LogP contribution in [0, 0.1) is 5.92 Å². The van der Waals surface area contributed by atoms with E-state index in [4.69, 9.17) is 9.47 Å². The number of allylic oxidation sites excluding steroid dienone is 1. The van der Waals surface area contributed by atoms with Crippen LogP contribution >= 0.6 is 0 Å². The predicted octanol–water partition coefficient (Wildman–Crippen LogP) is 6.36. The van der Waals surface area contributed by atoms with Crippen molar-refractivity contribution >= 4 is 0 Å². The quantitative estimate of drug-likeness (QED) is 0.463. The third-order valence-corrected chi connectivity index (χ3v) is 6.78. The summed E-state index contributed by atoms with van der Waals surface area (Å²) in [5.41, 5.74) is 5.60. The summed E-state index contributed by atoms with van der Waals surface area (Å²) in [6.07, 6.45) is 10.7. The number of rotatable bonds is 4. The van der Waals surface area contributed by atoms with E-state index < -0.39 is 0 Å². The summed E-state index contributed by atoms with van der Waals surface area (Å²) in [5.74, 6) is 3.34. The van der Waals surface area contributed by atoms with Crippen LogP contribution < -0.4 is 9.47 Å². The number of fused-ring (bicyclic) bond motifs is 5. The fourth-order valence-corrected chi connectivity index (χ4v) is 5.44. The summed E-state index contributed by atoms with van der Waals surface area (Å²) >= 11 is 0. The van der Waals surface area contributed by atoms with Gasteiger partial charge in [0.1, 0.15) is 17.1 Å². The molecule has 0 radical (unpaired) electrons. The van der Waals surface area contributed by atoms with Crippen molar-refractivity contribution in [2.24, 2.45) is 5.92 Å². The molecule has 2 heterocycles. The highest BCUT2D eigenvalue weighted by Gasteiger charge is 2.47. The molecule has 26 heavy (non-hydrogen) atoms. The normalized spacial score (nSPS) is 26.2. The zero-order valence-corrected chi connectivity index (χ0v) is 16.8. The largest absolute Gasteiger partial charge is 0.493 e. The van der Waals surface area contributed by atoms with Crippen LogP contribution in [0.5, 0.6) is 11.5 Å². The molecule has 0 bridgehead atoms. The van der Waals surface area contributed by atoms with E-state index in [1.807, 2.05) is 0 Å². The first-order chi connectivity index (χ1) is 12.5. The molecule has 2 heteroatoms. The highest BCUT2D eigenvalue weighted by molar-refractivity contribution is 5.58.